The van der Waals surface area contributed by atoms with E-state index in [-0.39, 0.29) is 23.7 Å². The number of hydrogen-bond acceptors (Lipinski definition) is 5. The highest BCUT2D eigenvalue weighted by Gasteiger charge is 2.35. The highest BCUT2D eigenvalue weighted by atomic mass is 16.4. The first-order chi connectivity index (χ1) is 17.8. The van der Waals surface area contributed by atoms with E-state index in [1.165, 1.54) is 6.08 Å². The van der Waals surface area contributed by atoms with Crippen molar-refractivity contribution in [1.29, 1.82) is 0 Å². The minimum absolute atomic E-state index is 0.0388. The van der Waals surface area contributed by atoms with Crippen LogP contribution in [-0.4, -0.2) is 81.6 Å². The lowest BCUT2D eigenvalue weighted by atomic mass is 9.92. The molecule has 0 aromatic heterocycles. The van der Waals surface area contributed by atoms with E-state index >= 15 is 0 Å². The fourth-order valence-corrected chi connectivity index (χ4v) is 5.62. The molecular formula is C30H37N3O4. The summed E-state index contributed by atoms with van der Waals surface area (Å²) in [6.07, 6.45) is 4.36. The molecule has 0 aliphatic carbocycles. The zero-order chi connectivity index (χ0) is 26.5. The van der Waals surface area contributed by atoms with Crippen molar-refractivity contribution in [3.63, 3.8) is 0 Å². The van der Waals surface area contributed by atoms with Crippen LogP contribution in [0.15, 0.2) is 72.8 Å². The van der Waals surface area contributed by atoms with E-state index in [0.29, 0.717) is 37.5 Å². The van der Waals surface area contributed by atoms with Gasteiger partial charge < -0.3 is 15.1 Å². The maximum atomic E-state index is 13.4. The van der Waals surface area contributed by atoms with E-state index in [0.717, 1.165) is 36.3 Å². The lowest BCUT2D eigenvalue weighted by molar-refractivity contribution is -0.131. The van der Waals surface area contributed by atoms with Crippen molar-refractivity contribution in [1.82, 2.24) is 14.7 Å². The van der Waals surface area contributed by atoms with Gasteiger partial charge in [0.1, 0.15) is 5.75 Å². The Labute approximate surface area is 219 Å². The number of carboxylic acid groups (broad SMARTS) is 1. The van der Waals surface area contributed by atoms with Gasteiger partial charge in [0, 0.05) is 56.4 Å². The first-order valence-electron chi connectivity index (χ1n) is 13.0. The summed E-state index contributed by atoms with van der Waals surface area (Å²) in [5.41, 5.74) is 3.49. The number of nitrogens with zero attached hydrogens (tertiary/aromatic N) is 3. The molecule has 0 unspecified atom stereocenters. The number of carboxylic acids is 1. The van der Waals surface area contributed by atoms with Crippen LogP contribution < -0.4 is 0 Å². The number of benzene rings is 2. The van der Waals surface area contributed by atoms with E-state index in [1.54, 1.807) is 11.0 Å². The molecule has 2 fully saturated rings. The summed E-state index contributed by atoms with van der Waals surface area (Å²) in [5, 5.41) is 19.3. The number of phenols is 1. The number of phenolic OH excluding ortho intramolecular Hbond substituents is 1. The van der Waals surface area contributed by atoms with E-state index in [9.17, 15) is 14.7 Å². The van der Waals surface area contributed by atoms with Gasteiger partial charge in [-0.2, -0.15) is 0 Å². The van der Waals surface area contributed by atoms with Crippen molar-refractivity contribution in [2.24, 2.45) is 0 Å². The van der Waals surface area contributed by atoms with Gasteiger partial charge in [-0.15, -0.1) is 6.58 Å². The maximum Gasteiger partial charge on any atom is 0.328 e. The summed E-state index contributed by atoms with van der Waals surface area (Å²) in [7, 11) is 0. The maximum absolute atomic E-state index is 13.4. The van der Waals surface area contributed by atoms with Crippen molar-refractivity contribution in [2.45, 2.75) is 44.8 Å². The predicted molar refractivity (Wildman–Crippen MR) is 145 cm³/mol. The molecule has 1 amide bonds. The number of aromatic hydroxyl groups is 1. The van der Waals surface area contributed by atoms with Crippen LogP contribution in [0.4, 0.5) is 0 Å². The monoisotopic (exact) mass is 503 g/mol. The number of aliphatic carboxylic acids is 1. The quantitative estimate of drug-likeness (QED) is 0.433. The van der Waals surface area contributed by atoms with Gasteiger partial charge in [-0.3, -0.25) is 14.6 Å². The van der Waals surface area contributed by atoms with Gasteiger partial charge in [-0.1, -0.05) is 35.9 Å². The van der Waals surface area contributed by atoms with Crippen LogP contribution in [-0.2, 0) is 4.79 Å². The largest absolute Gasteiger partial charge is 0.508 e. The molecule has 2 heterocycles. The smallest absolute Gasteiger partial charge is 0.328 e. The van der Waals surface area contributed by atoms with E-state index in [1.807, 2.05) is 42.5 Å². The minimum Gasteiger partial charge on any atom is -0.508 e. The average molecular weight is 504 g/mol. The number of carbonyl (C=O) groups is 2. The van der Waals surface area contributed by atoms with E-state index in [2.05, 4.69) is 36.3 Å². The Morgan fingerprint density at radius 3 is 2.35 bits per heavy atom. The molecule has 0 saturated carbocycles. The molecule has 2 saturated heterocycles. The summed E-state index contributed by atoms with van der Waals surface area (Å²) >= 11 is 0. The number of piperazine rings is 1. The van der Waals surface area contributed by atoms with Gasteiger partial charge in [-0.25, -0.2) is 4.79 Å². The summed E-state index contributed by atoms with van der Waals surface area (Å²) in [5.74, 6) is -0.753. The molecule has 7 heteroatoms. The fourth-order valence-electron chi connectivity index (χ4n) is 5.62. The molecule has 2 aliphatic rings. The molecule has 2 aromatic rings. The summed E-state index contributed by atoms with van der Waals surface area (Å²) in [4.78, 5) is 31.1. The first-order valence-corrected chi connectivity index (χ1v) is 13.0. The molecule has 2 aromatic carbocycles. The molecule has 37 heavy (non-hydrogen) atoms. The highest BCUT2D eigenvalue weighted by molar-refractivity contribution is 5.94. The van der Waals surface area contributed by atoms with Crippen LogP contribution in [0.1, 0.15) is 54.2 Å². The zero-order valence-corrected chi connectivity index (χ0v) is 21.7. The Hall–Kier alpha value is -3.42. The molecule has 2 N–H and O–H groups in total. The highest BCUT2D eigenvalue weighted by Crippen LogP contribution is 2.35. The molecule has 0 radical (unpaired) electrons. The summed E-state index contributed by atoms with van der Waals surface area (Å²) in [6.45, 7) is 12.0. The van der Waals surface area contributed by atoms with Crippen molar-refractivity contribution >= 4 is 11.9 Å². The number of likely N-dealkylation sites (tertiary alicyclic amines) is 1. The molecule has 0 spiro atoms. The van der Waals surface area contributed by atoms with Gasteiger partial charge in [0.2, 0.25) is 0 Å². The van der Waals surface area contributed by atoms with Gasteiger partial charge in [0.25, 0.3) is 5.91 Å². The predicted octanol–water partition coefficient (Wildman–Crippen LogP) is 4.31. The van der Waals surface area contributed by atoms with Crippen molar-refractivity contribution < 1.29 is 19.8 Å². The number of hydrogen-bond donors (Lipinski definition) is 2. The van der Waals surface area contributed by atoms with Crippen molar-refractivity contribution in [3.8, 4) is 5.75 Å². The molecule has 7 nitrogen and oxygen atoms in total. The first kappa shape index (κ1) is 26.6. The Bertz CT molecular complexity index is 1170. The van der Waals surface area contributed by atoms with Gasteiger partial charge in [-0.05, 0) is 62.1 Å². The number of piperidine rings is 1. The second-order valence-electron chi connectivity index (χ2n) is 10.2. The van der Waals surface area contributed by atoms with Gasteiger partial charge in [0.15, 0.2) is 0 Å². The topological polar surface area (TPSA) is 84.3 Å². The Balaban J connectivity index is 1.62. The Morgan fingerprint density at radius 1 is 1.03 bits per heavy atom. The third-order valence-corrected chi connectivity index (χ3v) is 7.51. The number of carbonyl (C=O) groups excluding carboxylic acids is 1. The van der Waals surface area contributed by atoms with Crippen LogP contribution in [0.2, 0.25) is 0 Å². The third kappa shape index (κ3) is 6.29. The van der Waals surface area contributed by atoms with E-state index in [4.69, 9.17) is 5.11 Å². The second kappa shape index (κ2) is 11.8. The van der Waals surface area contributed by atoms with Gasteiger partial charge >= 0.3 is 5.97 Å². The Kier molecular flexibility index (Phi) is 8.46. The Morgan fingerprint density at radius 2 is 1.70 bits per heavy atom. The molecule has 3 atom stereocenters. The van der Waals surface area contributed by atoms with Gasteiger partial charge in [0.05, 0.1) is 6.04 Å². The number of rotatable bonds is 7. The normalized spacial score (nSPS) is 21.9. The molecule has 2 aliphatic heterocycles. The number of amides is 1. The average Bonchev–Trinajstić information content (AvgIpc) is 2.87. The van der Waals surface area contributed by atoms with Crippen molar-refractivity contribution in [2.75, 3.05) is 32.7 Å². The van der Waals surface area contributed by atoms with E-state index < -0.39 is 5.97 Å². The van der Waals surface area contributed by atoms with Crippen molar-refractivity contribution in [3.05, 3.63) is 89.5 Å². The summed E-state index contributed by atoms with van der Waals surface area (Å²) < 4.78 is 0. The standard InChI is InChI=1S/C30H37N3O4/c1-4-13-32-19-22(3)33(20-21(32)2)29(25-8-6-10-27(34)18-25)24-7-5-9-26(17-24)30(37)31-14-11-23(12-15-31)16-28(35)36/h4-10,16-18,21-22,29,34H,1,11-15,19-20H2,2-3H3,(H,35,36)/t21-,22+,29-/m1/s1. The molecule has 196 valence electrons. The molecule has 0 bridgehead atoms. The van der Waals surface area contributed by atoms with Crippen LogP contribution in [0, 0.1) is 0 Å². The third-order valence-electron chi connectivity index (χ3n) is 7.51. The lowest BCUT2D eigenvalue weighted by Crippen LogP contribution is -2.57. The lowest BCUT2D eigenvalue weighted by Gasteiger charge is -2.47. The van der Waals surface area contributed by atoms with Crippen LogP contribution >= 0.6 is 0 Å². The molecular weight excluding hydrogens is 466 g/mol. The minimum atomic E-state index is -0.936. The fraction of sp³-hybridized carbons (Fsp3) is 0.400. The molecule has 4 rings (SSSR count). The second-order valence-corrected chi connectivity index (χ2v) is 10.2. The van der Waals surface area contributed by atoms with Crippen LogP contribution in [0.3, 0.4) is 0 Å². The van der Waals surface area contributed by atoms with Crippen LogP contribution in [0.5, 0.6) is 5.75 Å². The SMILES string of the molecule is C=CCN1C[C@H](C)N([C@@H](c2cccc(O)c2)c2cccc(C(=O)N3CCC(=CC(=O)O)CC3)c2)C[C@H]1C. The summed E-state index contributed by atoms with van der Waals surface area (Å²) in [6, 6.07) is 15.7. The zero-order valence-electron chi connectivity index (χ0n) is 21.7. The van der Waals surface area contributed by atoms with Crippen LogP contribution in [0.25, 0.3) is 0 Å².